The number of ether oxygens (including phenoxy) is 1. The number of benzene rings is 2. The summed E-state index contributed by atoms with van der Waals surface area (Å²) in [6, 6.07) is 10.6. The van der Waals surface area contributed by atoms with Crippen molar-refractivity contribution in [3.8, 4) is 5.75 Å². The van der Waals surface area contributed by atoms with E-state index in [0.717, 1.165) is 17.2 Å². The molecule has 2 aromatic carbocycles. The molecule has 25 heavy (non-hydrogen) atoms. The lowest BCUT2D eigenvalue weighted by molar-refractivity contribution is -0.138. The fourth-order valence-corrected chi connectivity index (χ4v) is 3.05. The number of rotatable bonds is 3. The lowest BCUT2D eigenvalue weighted by Crippen LogP contribution is -2.37. The molecule has 0 spiro atoms. The Morgan fingerprint density at radius 2 is 1.92 bits per heavy atom. The van der Waals surface area contributed by atoms with Crippen molar-refractivity contribution in [2.24, 2.45) is 0 Å². The summed E-state index contributed by atoms with van der Waals surface area (Å²) in [7, 11) is 0. The highest BCUT2D eigenvalue weighted by Crippen LogP contribution is 2.33. The van der Waals surface area contributed by atoms with Crippen molar-refractivity contribution in [2.45, 2.75) is 26.1 Å². The number of alkyl halides is 3. The van der Waals surface area contributed by atoms with Crippen LogP contribution in [-0.2, 0) is 19.1 Å². The highest BCUT2D eigenvalue weighted by atomic mass is 19.4. The van der Waals surface area contributed by atoms with Crippen LogP contribution in [0, 0.1) is 0 Å². The van der Waals surface area contributed by atoms with Crippen LogP contribution in [0.2, 0.25) is 0 Å². The van der Waals surface area contributed by atoms with Crippen LogP contribution >= 0.6 is 0 Å². The molecular formula is C19H18F3NO2. The van der Waals surface area contributed by atoms with Crippen LogP contribution in [-0.4, -0.2) is 24.0 Å². The summed E-state index contributed by atoms with van der Waals surface area (Å²) in [4.78, 5) is 14.1. The predicted molar refractivity (Wildman–Crippen MR) is 87.5 cm³/mol. The molecular weight excluding hydrogens is 331 g/mol. The van der Waals surface area contributed by atoms with Crippen LogP contribution in [0.3, 0.4) is 0 Å². The van der Waals surface area contributed by atoms with Crippen LogP contribution in [0.1, 0.15) is 34.0 Å². The third kappa shape index (κ3) is 3.62. The number of fused-ring (bicyclic) bond motifs is 1. The molecule has 3 nitrogen and oxygen atoms in total. The summed E-state index contributed by atoms with van der Waals surface area (Å²) in [6.07, 6.45) is -3.94. The van der Waals surface area contributed by atoms with Gasteiger partial charge in [-0.2, -0.15) is 13.2 Å². The standard InChI is InChI=1S/C19H18F3NO2/c1-2-25-15-8-7-13-9-10-23(12-14(13)11-15)18(24)16-5-3-4-6-17(16)19(20,21)22/h3-8,11H,2,9-10,12H2,1H3. The van der Waals surface area contributed by atoms with Crippen molar-refractivity contribution >= 4 is 5.91 Å². The van der Waals surface area contributed by atoms with Crippen molar-refractivity contribution in [1.82, 2.24) is 4.90 Å². The number of nitrogens with zero attached hydrogens (tertiary/aromatic N) is 1. The third-order valence-corrected chi connectivity index (χ3v) is 4.25. The van der Waals surface area contributed by atoms with Crippen molar-refractivity contribution in [3.05, 3.63) is 64.7 Å². The molecule has 1 heterocycles. The van der Waals surface area contributed by atoms with E-state index >= 15 is 0 Å². The van der Waals surface area contributed by atoms with E-state index in [1.807, 2.05) is 25.1 Å². The molecule has 0 bridgehead atoms. The van der Waals surface area contributed by atoms with Gasteiger partial charge in [-0.3, -0.25) is 4.79 Å². The first-order chi connectivity index (χ1) is 11.9. The maximum Gasteiger partial charge on any atom is 0.417 e. The maximum absolute atomic E-state index is 13.2. The van der Waals surface area contributed by atoms with Crippen LogP contribution in [0.15, 0.2) is 42.5 Å². The normalized spacial score (nSPS) is 14.2. The Balaban J connectivity index is 1.87. The predicted octanol–water partition coefficient (Wildman–Crippen LogP) is 4.30. The van der Waals surface area contributed by atoms with E-state index in [2.05, 4.69) is 0 Å². The van der Waals surface area contributed by atoms with E-state index < -0.39 is 17.6 Å². The summed E-state index contributed by atoms with van der Waals surface area (Å²) in [5.41, 5.74) is 0.805. The molecule has 6 heteroatoms. The molecule has 1 aliphatic heterocycles. The quantitative estimate of drug-likeness (QED) is 0.827. The molecule has 3 rings (SSSR count). The van der Waals surface area contributed by atoms with Gasteiger partial charge in [0.15, 0.2) is 0 Å². The molecule has 2 aromatic rings. The van der Waals surface area contributed by atoms with Gasteiger partial charge in [-0.15, -0.1) is 0 Å². The lowest BCUT2D eigenvalue weighted by Gasteiger charge is -2.30. The first-order valence-corrected chi connectivity index (χ1v) is 8.10. The van der Waals surface area contributed by atoms with E-state index in [1.165, 1.54) is 23.1 Å². The molecule has 132 valence electrons. The monoisotopic (exact) mass is 349 g/mol. The van der Waals surface area contributed by atoms with Gasteiger partial charge < -0.3 is 9.64 Å². The van der Waals surface area contributed by atoms with Gasteiger partial charge in [-0.1, -0.05) is 18.2 Å². The Labute approximate surface area is 144 Å². The van der Waals surface area contributed by atoms with E-state index in [4.69, 9.17) is 4.74 Å². The van der Waals surface area contributed by atoms with Gasteiger partial charge in [0.2, 0.25) is 0 Å². The van der Waals surface area contributed by atoms with E-state index in [1.54, 1.807) is 0 Å². The van der Waals surface area contributed by atoms with Gasteiger partial charge in [0.1, 0.15) is 5.75 Å². The minimum Gasteiger partial charge on any atom is -0.494 e. The molecule has 0 saturated heterocycles. The first-order valence-electron chi connectivity index (χ1n) is 8.10. The number of hydrogen-bond acceptors (Lipinski definition) is 2. The smallest absolute Gasteiger partial charge is 0.417 e. The molecule has 0 N–H and O–H groups in total. The van der Waals surface area contributed by atoms with E-state index in [-0.39, 0.29) is 12.1 Å². The van der Waals surface area contributed by atoms with Gasteiger partial charge in [0.05, 0.1) is 17.7 Å². The SMILES string of the molecule is CCOc1ccc2c(c1)CN(C(=O)c1ccccc1C(F)(F)F)CC2. The molecule has 0 radical (unpaired) electrons. The number of amides is 1. The van der Waals surface area contributed by atoms with Crippen LogP contribution in [0.5, 0.6) is 5.75 Å². The number of halogens is 3. The zero-order valence-electron chi connectivity index (χ0n) is 13.8. The second-order valence-corrected chi connectivity index (χ2v) is 5.88. The molecule has 0 aromatic heterocycles. The maximum atomic E-state index is 13.2. The Morgan fingerprint density at radius 1 is 1.16 bits per heavy atom. The Bertz CT molecular complexity index is 786. The highest BCUT2D eigenvalue weighted by molar-refractivity contribution is 5.96. The van der Waals surface area contributed by atoms with E-state index in [9.17, 15) is 18.0 Å². The third-order valence-electron chi connectivity index (χ3n) is 4.25. The number of hydrogen-bond donors (Lipinski definition) is 0. The van der Waals surface area contributed by atoms with Crippen molar-refractivity contribution in [1.29, 1.82) is 0 Å². The number of carbonyl (C=O) groups excluding carboxylic acids is 1. The highest BCUT2D eigenvalue weighted by Gasteiger charge is 2.36. The fourth-order valence-electron chi connectivity index (χ4n) is 3.05. The lowest BCUT2D eigenvalue weighted by atomic mass is 9.98. The zero-order valence-corrected chi connectivity index (χ0v) is 13.8. The fraction of sp³-hybridized carbons (Fsp3) is 0.316. The molecule has 0 saturated carbocycles. The van der Waals surface area contributed by atoms with Gasteiger partial charge in [0.25, 0.3) is 5.91 Å². The van der Waals surface area contributed by atoms with Crippen LogP contribution in [0.4, 0.5) is 13.2 Å². The van der Waals surface area contributed by atoms with Crippen LogP contribution in [0.25, 0.3) is 0 Å². The molecule has 1 amide bonds. The Morgan fingerprint density at radius 3 is 2.64 bits per heavy atom. The average molecular weight is 349 g/mol. The molecule has 0 fully saturated rings. The summed E-state index contributed by atoms with van der Waals surface area (Å²) >= 11 is 0. The van der Waals surface area contributed by atoms with Crippen molar-refractivity contribution in [3.63, 3.8) is 0 Å². The topological polar surface area (TPSA) is 29.5 Å². The summed E-state index contributed by atoms with van der Waals surface area (Å²) in [5, 5.41) is 0. The average Bonchev–Trinajstić information content (AvgIpc) is 2.60. The van der Waals surface area contributed by atoms with Crippen molar-refractivity contribution < 1.29 is 22.7 Å². The minimum atomic E-state index is -4.55. The molecule has 0 aliphatic carbocycles. The first kappa shape index (κ1) is 17.3. The van der Waals surface area contributed by atoms with E-state index in [0.29, 0.717) is 25.3 Å². The van der Waals surface area contributed by atoms with Gasteiger partial charge in [-0.05, 0) is 48.7 Å². The van der Waals surface area contributed by atoms with Gasteiger partial charge in [0, 0.05) is 13.1 Å². The largest absolute Gasteiger partial charge is 0.494 e. The Kier molecular flexibility index (Phi) is 4.70. The molecule has 1 aliphatic rings. The van der Waals surface area contributed by atoms with Crippen molar-refractivity contribution in [2.75, 3.05) is 13.2 Å². The second-order valence-electron chi connectivity index (χ2n) is 5.88. The minimum absolute atomic E-state index is 0.279. The Hall–Kier alpha value is -2.50. The number of carbonyl (C=O) groups is 1. The van der Waals surface area contributed by atoms with Crippen LogP contribution < -0.4 is 4.74 Å². The molecule has 0 atom stereocenters. The molecule has 0 unspecified atom stereocenters. The summed E-state index contributed by atoms with van der Waals surface area (Å²) in [6.45, 7) is 3.08. The summed E-state index contributed by atoms with van der Waals surface area (Å²) in [5.74, 6) is 0.103. The van der Waals surface area contributed by atoms with Gasteiger partial charge >= 0.3 is 6.18 Å². The second kappa shape index (κ2) is 6.78. The summed E-state index contributed by atoms with van der Waals surface area (Å²) < 4.78 is 45.0. The van der Waals surface area contributed by atoms with Gasteiger partial charge in [-0.25, -0.2) is 0 Å². The zero-order chi connectivity index (χ0) is 18.0.